The monoisotopic (exact) mass is 772 g/mol. The fraction of sp³-hybridized carbons (Fsp3) is 0.0536. The normalized spacial score (nSPS) is 12.3. The first-order valence-corrected chi connectivity index (χ1v) is 20.5. The van der Waals surface area contributed by atoms with Crippen LogP contribution in [0.15, 0.2) is 217 Å². The van der Waals surface area contributed by atoms with Crippen LogP contribution in [-0.4, -0.2) is 21.5 Å². The molecular formula is C56H44N4. The predicted molar refractivity (Wildman–Crippen MR) is 255 cm³/mol. The number of aromatic nitrogens is 2. The molecule has 10 aromatic rings. The van der Waals surface area contributed by atoms with E-state index >= 15 is 0 Å². The summed E-state index contributed by atoms with van der Waals surface area (Å²) in [5.74, 6) is 0.800. The summed E-state index contributed by atoms with van der Waals surface area (Å²) in [7, 11) is 0. The van der Waals surface area contributed by atoms with Crippen LogP contribution >= 0.6 is 0 Å². The Labute approximate surface area is 350 Å². The molecule has 2 heterocycles. The van der Waals surface area contributed by atoms with Gasteiger partial charge in [0.15, 0.2) is 0 Å². The number of para-hydroxylation sites is 3. The topological polar surface area (TPSA) is 34.2 Å². The molecule has 0 radical (unpaired) electrons. The maximum Gasteiger partial charge on any atom is 0.134 e. The molecule has 0 bridgehead atoms. The maximum absolute atomic E-state index is 4.97. The molecule has 0 aliphatic rings. The second-order valence-corrected chi connectivity index (χ2v) is 15.5. The van der Waals surface area contributed by atoms with E-state index in [1.165, 1.54) is 77.1 Å². The molecule has 0 saturated heterocycles. The molecule has 0 amide bonds. The molecular weight excluding hydrogens is 729 g/mol. The zero-order valence-corrected chi connectivity index (χ0v) is 33.8. The Hall–Kier alpha value is -7.69. The van der Waals surface area contributed by atoms with Gasteiger partial charge in [-0.25, -0.2) is 4.99 Å². The fourth-order valence-electron chi connectivity index (χ4n) is 8.54. The Morgan fingerprint density at radius 2 is 0.917 bits per heavy atom. The van der Waals surface area contributed by atoms with Crippen molar-refractivity contribution in [2.24, 2.45) is 4.99 Å². The smallest absolute Gasteiger partial charge is 0.134 e. The summed E-state index contributed by atoms with van der Waals surface area (Å²) in [6.45, 7) is 9.34. The van der Waals surface area contributed by atoms with Crippen LogP contribution < -0.4 is 5.32 Å². The third kappa shape index (κ3) is 6.68. The highest BCUT2D eigenvalue weighted by Gasteiger charge is 2.17. The van der Waals surface area contributed by atoms with Gasteiger partial charge in [0.1, 0.15) is 5.84 Å². The quantitative estimate of drug-likeness (QED) is 0.115. The van der Waals surface area contributed by atoms with E-state index in [1.54, 1.807) is 0 Å². The lowest BCUT2D eigenvalue weighted by Gasteiger charge is -2.15. The first kappa shape index (κ1) is 36.6. The summed E-state index contributed by atoms with van der Waals surface area (Å²) in [4.78, 5) is 4.97. The Kier molecular flexibility index (Phi) is 9.51. The molecule has 288 valence electrons. The number of aliphatic imine (C=N–C) groups is 1. The van der Waals surface area contributed by atoms with E-state index in [0.29, 0.717) is 6.54 Å². The van der Waals surface area contributed by atoms with Gasteiger partial charge in [0.05, 0.1) is 27.8 Å². The largest absolute Gasteiger partial charge is 0.366 e. The van der Waals surface area contributed by atoms with E-state index in [4.69, 9.17) is 4.99 Å². The molecule has 60 heavy (non-hydrogen) atoms. The highest BCUT2D eigenvalue weighted by Crippen LogP contribution is 2.38. The number of nitrogens with one attached hydrogen (secondary N) is 1. The number of hydrogen-bond donors (Lipinski definition) is 1. The lowest BCUT2D eigenvalue weighted by atomic mass is 10.0. The van der Waals surface area contributed by atoms with Crippen molar-refractivity contribution in [3.8, 4) is 22.5 Å². The summed E-state index contributed by atoms with van der Waals surface area (Å²) >= 11 is 0. The summed E-state index contributed by atoms with van der Waals surface area (Å²) in [6.07, 6.45) is 0. The fourth-order valence-corrected chi connectivity index (χ4v) is 8.54. The number of nitrogens with zero attached hydrogens (tertiary/aromatic N) is 3. The van der Waals surface area contributed by atoms with E-state index in [0.717, 1.165) is 28.3 Å². The highest BCUT2D eigenvalue weighted by molar-refractivity contribution is 6.12. The Balaban J connectivity index is 0.996. The van der Waals surface area contributed by atoms with Crippen LogP contribution in [0.4, 0.5) is 0 Å². The average Bonchev–Trinajstić information content (AvgIpc) is 3.83. The van der Waals surface area contributed by atoms with E-state index < -0.39 is 0 Å². The van der Waals surface area contributed by atoms with Crippen LogP contribution in [0.25, 0.3) is 77.4 Å². The van der Waals surface area contributed by atoms with Gasteiger partial charge >= 0.3 is 0 Å². The zero-order chi connectivity index (χ0) is 40.6. The van der Waals surface area contributed by atoms with Gasteiger partial charge in [0.25, 0.3) is 0 Å². The van der Waals surface area contributed by atoms with E-state index in [-0.39, 0.29) is 0 Å². The van der Waals surface area contributed by atoms with Crippen LogP contribution in [0.5, 0.6) is 0 Å². The Morgan fingerprint density at radius 1 is 0.450 bits per heavy atom. The molecule has 0 aliphatic heterocycles. The van der Waals surface area contributed by atoms with Gasteiger partial charge in [-0.15, -0.1) is 0 Å². The van der Waals surface area contributed by atoms with Crippen LogP contribution in [0, 0.1) is 0 Å². The van der Waals surface area contributed by atoms with Crippen molar-refractivity contribution in [2.45, 2.75) is 13.8 Å². The molecule has 0 saturated carbocycles. The molecule has 4 nitrogen and oxygen atoms in total. The number of benzene rings is 8. The third-order valence-corrected chi connectivity index (χ3v) is 11.8. The third-order valence-electron chi connectivity index (χ3n) is 11.8. The van der Waals surface area contributed by atoms with Gasteiger partial charge in [-0.3, -0.25) is 0 Å². The molecule has 0 aliphatic carbocycles. The van der Waals surface area contributed by atoms with E-state index in [1.807, 2.05) is 48.5 Å². The standard InChI is InChI=1S/C56H44N4/c1-38(37-57-56(42-20-9-5-10-21-42)58-40(3)41-18-7-4-8-19-41)39(2)43-22-17-25-47(34-43)60-53-29-16-14-27-49(53)51-36-45(31-33-55(51)60)44-30-32-54-50(35-44)48-26-13-15-28-52(48)59(54)46-23-11-6-12-24-46/h4-36H,3,37H2,1-2H3,(H,57,58)/b39-38-. The van der Waals surface area contributed by atoms with Gasteiger partial charge in [0.2, 0.25) is 0 Å². The number of hydrogen-bond acceptors (Lipinski definition) is 1. The predicted octanol–water partition coefficient (Wildman–Crippen LogP) is 14.0. The maximum atomic E-state index is 4.97. The summed E-state index contributed by atoms with van der Waals surface area (Å²) in [5.41, 5.74) is 15.9. The molecule has 1 N–H and O–H groups in total. The Morgan fingerprint density at radius 3 is 1.52 bits per heavy atom. The number of rotatable bonds is 9. The van der Waals surface area contributed by atoms with Crippen LogP contribution in [0.3, 0.4) is 0 Å². The molecule has 8 aromatic carbocycles. The minimum Gasteiger partial charge on any atom is -0.366 e. The lowest BCUT2D eigenvalue weighted by molar-refractivity contribution is 0.982. The van der Waals surface area contributed by atoms with Crippen molar-refractivity contribution in [1.29, 1.82) is 0 Å². The van der Waals surface area contributed by atoms with Crippen molar-refractivity contribution in [2.75, 3.05) is 6.54 Å². The van der Waals surface area contributed by atoms with E-state index in [2.05, 4.69) is 187 Å². The van der Waals surface area contributed by atoms with E-state index in [9.17, 15) is 0 Å². The zero-order valence-electron chi connectivity index (χ0n) is 33.8. The molecule has 0 atom stereocenters. The number of fused-ring (bicyclic) bond motifs is 6. The number of amidine groups is 1. The first-order chi connectivity index (χ1) is 29.5. The summed E-state index contributed by atoms with van der Waals surface area (Å²) in [6, 6.07) is 71.3. The van der Waals surface area contributed by atoms with Crippen molar-refractivity contribution < 1.29 is 0 Å². The highest BCUT2D eigenvalue weighted by atomic mass is 15.0. The van der Waals surface area contributed by atoms with Gasteiger partial charge in [-0.05, 0) is 102 Å². The molecule has 0 fully saturated rings. The van der Waals surface area contributed by atoms with Crippen molar-refractivity contribution in [3.05, 3.63) is 229 Å². The van der Waals surface area contributed by atoms with Crippen molar-refractivity contribution in [3.63, 3.8) is 0 Å². The Bertz CT molecular complexity index is 3270. The van der Waals surface area contributed by atoms with Crippen molar-refractivity contribution >= 4 is 60.7 Å². The van der Waals surface area contributed by atoms with Crippen LogP contribution in [0.1, 0.15) is 30.5 Å². The summed E-state index contributed by atoms with van der Waals surface area (Å²) < 4.78 is 4.78. The van der Waals surface area contributed by atoms with Gasteiger partial charge in [-0.1, -0.05) is 152 Å². The molecule has 2 aromatic heterocycles. The molecule has 4 heteroatoms. The van der Waals surface area contributed by atoms with Crippen molar-refractivity contribution in [1.82, 2.24) is 14.5 Å². The molecule has 0 spiro atoms. The lowest BCUT2D eigenvalue weighted by Crippen LogP contribution is -2.26. The molecule has 0 unspecified atom stereocenters. The minimum absolute atomic E-state index is 0.641. The van der Waals surface area contributed by atoms with Crippen LogP contribution in [-0.2, 0) is 0 Å². The minimum atomic E-state index is 0.641. The first-order valence-electron chi connectivity index (χ1n) is 20.5. The average molecular weight is 773 g/mol. The van der Waals surface area contributed by atoms with Gasteiger partial charge in [0, 0.05) is 45.0 Å². The second kappa shape index (κ2) is 15.6. The summed E-state index contributed by atoms with van der Waals surface area (Å²) in [5, 5.41) is 8.62. The molecule has 10 rings (SSSR count). The second-order valence-electron chi connectivity index (χ2n) is 15.5. The SMILES string of the molecule is C=C(N=C(NC/C(C)=C(/C)c1cccc(-n2c3ccccc3c3cc(-c4ccc5c(c4)c4ccccc4n5-c4ccccc4)ccc32)c1)c1ccccc1)c1ccccc1. The van der Waals surface area contributed by atoms with Gasteiger partial charge in [-0.2, -0.15) is 0 Å². The number of allylic oxidation sites excluding steroid dienone is 1. The van der Waals surface area contributed by atoms with Crippen LogP contribution in [0.2, 0.25) is 0 Å². The van der Waals surface area contributed by atoms with Gasteiger partial charge < -0.3 is 14.5 Å².